The van der Waals surface area contributed by atoms with Crippen LogP contribution in [0.1, 0.15) is 12.1 Å². The number of nitrogens with zero attached hydrogens (tertiary/aromatic N) is 2. The van der Waals surface area contributed by atoms with Crippen molar-refractivity contribution < 1.29 is 4.42 Å². The number of halogens is 1. The maximum absolute atomic E-state index is 5.56. The number of benzene rings is 2. The molecule has 0 saturated carbocycles. The van der Waals surface area contributed by atoms with E-state index in [1.54, 1.807) is 13.3 Å². The summed E-state index contributed by atoms with van der Waals surface area (Å²) in [7, 11) is 1.77. The van der Waals surface area contributed by atoms with Gasteiger partial charge < -0.3 is 15.1 Å². The van der Waals surface area contributed by atoms with Crippen LogP contribution in [-0.4, -0.2) is 30.3 Å². The summed E-state index contributed by atoms with van der Waals surface area (Å²) in [6, 6.07) is 20.3. The molecule has 0 unspecified atom stereocenters. The average molecular weight is 508 g/mol. The van der Waals surface area contributed by atoms with Crippen LogP contribution < -0.4 is 10.6 Å². The Morgan fingerprint density at radius 3 is 2.46 bits per heavy atom. The van der Waals surface area contributed by atoms with Crippen molar-refractivity contribution in [2.24, 2.45) is 4.99 Å². The highest BCUT2D eigenvalue weighted by atomic mass is 127. The van der Waals surface area contributed by atoms with Gasteiger partial charge in [-0.2, -0.15) is 0 Å². The fourth-order valence-electron chi connectivity index (χ4n) is 2.48. The molecule has 7 heteroatoms. The molecule has 148 valence electrons. The van der Waals surface area contributed by atoms with E-state index in [1.807, 2.05) is 48.2 Å². The first-order valence-corrected chi connectivity index (χ1v) is 9.96. The second-order valence-electron chi connectivity index (χ2n) is 5.88. The summed E-state index contributed by atoms with van der Waals surface area (Å²) in [5.41, 5.74) is 1.82. The maximum Gasteiger partial charge on any atom is 0.226 e. The molecular formula is C21H25IN4OS. The van der Waals surface area contributed by atoms with E-state index in [4.69, 9.17) is 4.42 Å². The molecule has 0 fully saturated rings. The summed E-state index contributed by atoms with van der Waals surface area (Å²) in [4.78, 5) is 10.1. The van der Waals surface area contributed by atoms with E-state index in [2.05, 4.69) is 44.9 Å². The zero-order valence-corrected chi connectivity index (χ0v) is 18.9. The summed E-state index contributed by atoms with van der Waals surface area (Å²) in [6.45, 7) is 1.43. The minimum Gasteiger partial charge on any atom is -0.444 e. The van der Waals surface area contributed by atoms with Crippen molar-refractivity contribution in [3.63, 3.8) is 0 Å². The minimum atomic E-state index is 0. The number of hydrogen-bond acceptors (Lipinski definition) is 4. The Labute approximate surface area is 187 Å². The molecule has 0 aliphatic rings. The quantitative estimate of drug-likeness (QED) is 0.150. The number of oxazole rings is 1. The minimum absolute atomic E-state index is 0. The zero-order valence-electron chi connectivity index (χ0n) is 15.8. The molecule has 3 rings (SSSR count). The van der Waals surface area contributed by atoms with Gasteiger partial charge in [0.05, 0.1) is 12.2 Å². The molecule has 0 aliphatic heterocycles. The molecule has 1 aromatic heterocycles. The smallest absolute Gasteiger partial charge is 0.226 e. The van der Waals surface area contributed by atoms with Gasteiger partial charge in [-0.15, -0.1) is 35.7 Å². The lowest BCUT2D eigenvalue weighted by atomic mass is 10.2. The van der Waals surface area contributed by atoms with Gasteiger partial charge in [0.25, 0.3) is 0 Å². The number of aromatic nitrogens is 1. The lowest BCUT2D eigenvalue weighted by molar-refractivity contribution is 0.572. The van der Waals surface area contributed by atoms with E-state index >= 15 is 0 Å². The second kappa shape index (κ2) is 12.5. The van der Waals surface area contributed by atoms with Gasteiger partial charge in [0, 0.05) is 24.1 Å². The van der Waals surface area contributed by atoms with Gasteiger partial charge in [0.1, 0.15) is 6.26 Å². The van der Waals surface area contributed by atoms with Gasteiger partial charge >= 0.3 is 0 Å². The van der Waals surface area contributed by atoms with Crippen molar-refractivity contribution in [2.45, 2.75) is 17.9 Å². The summed E-state index contributed by atoms with van der Waals surface area (Å²) in [5.74, 6) is 2.47. The summed E-state index contributed by atoms with van der Waals surface area (Å²) < 4.78 is 5.56. The van der Waals surface area contributed by atoms with Crippen LogP contribution in [0.5, 0.6) is 0 Å². The lowest BCUT2D eigenvalue weighted by Crippen LogP contribution is -2.37. The van der Waals surface area contributed by atoms with E-state index < -0.39 is 0 Å². The van der Waals surface area contributed by atoms with Crippen LogP contribution >= 0.6 is 35.7 Å². The number of aliphatic imine (C=N–C) groups is 1. The van der Waals surface area contributed by atoms with Crippen molar-refractivity contribution in [2.75, 3.05) is 19.3 Å². The Kier molecular flexibility index (Phi) is 9.92. The van der Waals surface area contributed by atoms with Gasteiger partial charge in [0.2, 0.25) is 5.89 Å². The van der Waals surface area contributed by atoms with Crippen LogP contribution in [0.3, 0.4) is 0 Å². The van der Waals surface area contributed by atoms with Gasteiger partial charge in [-0.25, -0.2) is 4.98 Å². The number of nitrogens with one attached hydrogen (secondary N) is 2. The van der Waals surface area contributed by atoms with Crippen molar-refractivity contribution in [1.29, 1.82) is 0 Å². The van der Waals surface area contributed by atoms with Crippen LogP contribution in [0, 0.1) is 0 Å². The van der Waals surface area contributed by atoms with Gasteiger partial charge in [0.15, 0.2) is 5.96 Å². The van der Waals surface area contributed by atoms with E-state index in [0.717, 1.165) is 35.9 Å². The Balaban J connectivity index is 0.00000280. The van der Waals surface area contributed by atoms with E-state index in [-0.39, 0.29) is 24.0 Å². The number of rotatable bonds is 8. The SMILES string of the molecule is CN=C(NCCCSc1ccccc1)NCc1coc(-c2ccccc2)n1.I. The van der Waals surface area contributed by atoms with Crippen LogP contribution in [0.15, 0.2) is 81.2 Å². The molecule has 0 aliphatic carbocycles. The average Bonchev–Trinajstić information content (AvgIpc) is 3.20. The molecule has 0 spiro atoms. The molecule has 28 heavy (non-hydrogen) atoms. The van der Waals surface area contributed by atoms with E-state index in [0.29, 0.717) is 12.4 Å². The molecule has 2 N–H and O–H groups in total. The number of guanidine groups is 1. The van der Waals surface area contributed by atoms with Crippen molar-refractivity contribution in [3.8, 4) is 11.5 Å². The molecule has 0 bridgehead atoms. The van der Waals surface area contributed by atoms with Crippen molar-refractivity contribution in [1.82, 2.24) is 15.6 Å². The number of hydrogen-bond donors (Lipinski definition) is 2. The predicted molar refractivity (Wildman–Crippen MR) is 127 cm³/mol. The zero-order chi connectivity index (χ0) is 18.7. The van der Waals surface area contributed by atoms with Crippen LogP contribution in [0.2, 0.25) is 0 Å². The molecule has 1 heterocycles. The molecule has 0 radical (unpaired) electrons. The van der Waals surface area contributed by atoms with E-state index in [9.17, 15) is 0 Å². The standard InChI is InChI=1S/C21H24N4OS.HI/c1-22-21(23-13-8-14-27-19-11-6-3-7-12-19)24-15-18-16-26-20(25-18)17-9-4-2-5-10-17;/h2-7,9-12,16H,8,13-15H2,1H3,(H2,22,23,24);1H. The third kappa shape index (κ3) is 7.20. The Hall–Kier alpha value is -2.00. The molecule has 3 aromatic rings. The number of thioether (sulfide) groups is 1. The van der Waals surface area contributed by atoms with Crippen LogP contribution in [0.25, 0.3) is 11.5 Å². The Bertz CT molecular complexity index is 840. The lowest BCUT2D eigenvalue weighted by Gasteiger charge is -2.10. The highest BCUT2D eigenvalue weighted by Crippen LogP contribution is 2.18. The predicted octanol–water partition coefficient (Wildman–Crippen LogP) is 4.81. The molecule has 2 aromatic carbocycles. The summed E-state index contributed by atoms with van der Waals surface area (Å²) in [5, 5.41) is 6.60. The Morgan fingerprint density at radius 1 is 1.04 bits per heavy atom. The summed E-state index contributed by atoms with van der Waals surface area (Å²) >= 11 is 1.87. The van der Waals surface area contributed by atoms with Gasteiger partial charge in [-0.05, 0) is 36.4 Å². The van der Waals surface area contributed by atoms with Gasteiger partial charge in [-0.3, -0.25) is 4.99 Å². The molecule has 0 atom stereocenters. The third-order valence-corrected chi connectivity index (χ3v) is 4.96. The van der Waals surface area contributed by atoms with Crippen molar-refractivity contribution >= 4 is 41.7 Å². The first kappa shape index (κ1) is 22.3. The molecule has 0 amide bonds. The Morgan fingerprint density at radius 2 is 1.75 bits per heavy atom. The third-order valence-electron chi connectivity index (χ3n) is 3.86. The summed E-state index contributed by atoms with van der Waals surface area (Å²) in [6.07, 6.45) is 2.74. The van der Waals surface area contributed by atoms with Crippen LogP contribution in [0.4, 0.5) is 0 Å². The first-order valence-electron chi connectivity index (χ1n) is 8.97. The molecule has 5 nitrogen and oxygen atoms in total. The van der Waals surface area contributed by atoms with Crippen molar-refractivity contribution in [3.05, 3.63) is 72.6 Å². The highest BCUT2D eigenvalue weighted by Gasteiger charge is 2.06. The first-order chi connectivity index (χ1) is 13.3. The maximum atomic E-state index is 5.56. The van der Waals surface area contributed by atoms with E-state index in [1.165, 1.54) is 4.90 Å². The normalized spacial score (nSPS) is 11.0. The highest BCUT2D eigenvalue weighted by molar-refractivity contribution is 14.0. The topological polar surface area (TPSA) is 62.5 Å². The molecular weight excluding hydrogens is 483 g/mol. The second-order valence-corrected chi connectivity index (χ2v) is 7.05. The fourth-order valence-corrected chi connectivity index (χ4v) is 3.36. The monoisotopic (exact) mass is 508 g/mol. The fraction of sp³-hybridized carbons (Fsp3) is 0.238. The largest absolute Gasteiger partial charge is 0.444 e. The molecule has 0 saturated heterocycles. The van der Waals surface area contributed by atoms with Gasteiger partial charge in [-0.1, -0.05) is 36.4 Å². The van der Waals surface area contributed by atoms with Crippen LogP contribution in [-0.2, 0) is 6.54 Å².